The van der Waals surface area contributed by atoms with E-state index in [0.717, 1.165) is 25.7 Å². The van der Waals surface area contributed by atoms with E-state index in [0.29, 0.717) is 18.4 Å². The van der Waals surface area contributed by atoms with E-state index < -0.39 is 207 Å². The minimum absolute atomic E-state index is 0.0192. The fourth-order valence-electron chi connectivity index (χ4n) is 11.4. The zero-order chi connectivity index (χ0) is 83.5. The van der Waals surface area contributed by atoms with Gasteiger partial charge in [0.1, 0.15) is 60.4 Å². The van der Waals surface area contributed by atoms with E-state index in [1.54, 1.807) is 51.1 Å². The molecule has 111 heavy (non-hydrogen) atoms. The number of nitrogens with zero attached hydrogens (tertiary/aromatic N) is 2. The second-order valence-electron chi connectivity index (χ2n) is 27.7. The summed E-state index contributed by atoms with van der Waals surface area (Å²) in [6, 6.07) is -7.39. The van der Waals surface area contributed by atoms with Crippen LogP contribution in [0.4, 0.5) is 0 Å². The Morgan fingerprint density at radius 3 is 1.16 bits per heavy atom. The lowest BCUT2D eigenvalue weighted by molar-refractivity contribution is -0.141. The number of nitrogens with two attached hydrogens (primary N) is 6. The van der Waals surface area contributed by atoms with Crippen LogP contribution >= 0.6 is 0 Å². The summed E-state index contributed by atoms with van der Waals surface area (Å²) in [5.41, 5.74) is 33.8. The zero-order valence-corrected chi connectivity index (χ0v) is 65.0. The first-order valence-electron chi connectivity index (χ1n) is 38.2. The molecule has 0 unspecified atom stereocenters. The third-order valence-electron chi connectivity index (χ3n) is 18.3. The molecular formula is C73H123N19O19. The molecular weight excluding hydrogens is 1450 g/mol. The fraction of sp³-hybridized carbons (Fsp3) is 0.671. The van der Waals surface area contributed by atoms with Gasteiger partial charge >= 0.3 is 17.9 Å². The first-order valence-corrected chi connectivity index (χ1v) is 38.2. The molecule has 0 spiro atoms. The van der Waals surface area contributed by atoms with E-state index in [2.05, 4.69) is 75.4 Å². The van der Waals surface area contributed by atoms with Gasteiger partial charge < -0.3 is 108 Å². The maximum atomic E-state index is 14.6. The van der Waals surface area contributed by atoms with Gasteiger partial charge in [-0.1, -0.05) is 155 Å². The van der Waals surface area contributed by atoms with Crippen LogP contribution in [0.2, 0.25) is 0 Å². The number of guanidine groups is 2. The molecule has 0 radical (unpaired) electrons. The Morgan fingerprint density at radius 1 is 0.369 bits per heavy atom. The monoisotopic (exact) mass is 1570 g/mol. The lowest BCUT2D eigenvalue weighted by atomic mass is 9.97. The molecule has 38 heteroatoms. The molecule has 13 amide bonds. The number of hydrogen-bond donors (Lipinski definition) is 20. The summed E-state index contributed by atoms with van der Waals surface area (Å²) in [5, 5.41) is 55.8. The summed E-state index contributed by atoms with van der Waals surface area (Å²) in [6.07, 6.45) is 9.92. The second-order valence-corrected chi connectivity index (χ2v) is 27.7. The number of aliphatic imine (C=N–C) groups is 2. The molecule has 0 saturated heterocycles. The van der Waals surface area contributed by atoms with Crippen molar-refractivity contribution in [3.05, 3.63) is 35.9 Å². The SMILES string of the molecule is CCCCCCCCCCCCCCCC(=O)N[C@H](C(=O)N[C@@H](C)C(=O)N[C@@H](CCC(N)=O)C(=O)N[C@@H](CCC(=O)O)C(=O)N[C@@H](CCCN=C(N)N)C(=O)N[C@@H](CCCN=C(N)N)C(=O)N[C@H](C(=O)NCC(=O)N[C@@H](CC(=O)O)C(=O)N[C@@H](CCC(=O)O)C(=O)N[C@@H](Cc1ccccc1)C(N)=O)[C@@H](C)CC)[C@@H](C)CC. The van der Waals surface area contributed by atoms with Crippen molar-refractivity contribution in [1.29, 1.82) is 0 Å². The van der Waals surface area contributed by atoms with Crippen molar-refractivity contribution in [2.24, 2.45) is 56.2 Å². The highest BCUT2D eigenvalue weighted by molar-refractivity contribution is 6.00. The largest absolute Gasteiger partial charge is 0.481 e. The van der Waals surface area contributed by atoms with E-state index in [9.17, 15) is 92.0 Å². The Kier molecular flexibility index (Phi) is 49.3. The topological polar surface area (TPSA) is 647 Å². The lowest BCUT2D eigenvalue weighted by Crippen LogP contribution is -2.60. The average Bonchev–Trinajstić information content (AvgIpc) is 0.861. The van der Waals surface area contributed by atoms with Crippen molar-refractivity contribution in [2.45, 2.75) is 282 Å². The van der Waals surface area contributed by atoms with Crippen LogP contribution in [-0.4, -0.2) is 202 Å². The average molecular weight is 1570 g/mol. The highest BCUT2D eigenvalue weighted by Crippen LogP contribution is 2.17. The summed E-state index contributed by atoms with van der Waals surface area (Å²) in [5.74, 6) is -19.1. The van der Waals surface area contributed by atoms with Gasteiger partial charge in [-0.2, -0.15) is 0 Å². The van der Waals surface area contributed by atoms with Gasteiger partial charge in [0.2, 0.25) is 76.8 Å². The normalized spacial score (nSPS) is 14.2. The summed E-state index contributed by atoms with van der Waals surface area (Å²) in [4.78, 5) is 222. The third kappa shape index (κ3) is 43.9. The predicted octanol–water partition coefficient (Wildman–Crippen LogP) is -1.15. The van der Waals surface area contributed by atoms with Crippen LogP contribution in [0.15, 0.2) is 40.3 Å². The van der Waals surface area contributed by atoms with Gasteiger partial charge in [0.15, 0.2) is 11.9 Å². The number of carbonyl (C=O) groups is 16. The molecule has 624 valence electrons. The van der Waals surface area contributed by atoms with Crippen LogP contribution in [0.3, 0.4) is 0 Å². The first-order chi connectivity index (χ1) is 52.5. The molecule has 12 atom stereocenters. The quantitative estimate of drug-likeness (QED) is 0.0208. The number of carbonyl (C=O) groups excluding carboxylic acids is 13. The summed E-state index contributed by atoms with van der Waals surface area (Å²) in [7, 11) is 0. The van der Waals surface area contributed by atoms with Crippen LogP contribution < -0.4 is 92.9 Å². The van der Waals surface area contributed by atoms with E-state index in [4.69, 9.17) is 34.4 Å². The Morgan fingerprint density at radius 2 is 0.757 bits per heavy atom. The van der Waals surface area contributed by atoms with E-state index in [1.807, 2.05) is 6.92 Å². The highest BCUT2D eigenvalue weighted by Gasteiger charge is 2.37. The summed E-state index contributed by atoms with van der Waals surface area (Å²) in [6.45, 7) is 9.06. The summed E-state index contributed by atoms with van der Waals surface area (Å²) < 4.78 is 0. The molecule has 1 aromatic rings. The molecule has 0 aliphatic rings. The van der Waals surface area contributed by atoms with Crippen molar-refractivity contribution in [3.8, 4) is 0 Å². The molecule has 1 aromatic carbocycles. The molecule has 0 aliphatic heterocycles. The van der Waals surface area contributed by atoms with Crippen LogP contribution in [-0.2, 0) is 83.1 Å². The molecule has 0 aromatic heterocycles. The maximum absolute atomic E-state index is 14.6. The number of hydrogen-bond acceptors (Lipinski definition) is 18. The Balaban J connectivity index is 3.51. The van der Waals surface area contributed by atoms with E-state index in [-0.39, 0.29) is 81.8 Å². The maximum Gasteiger partial charge on any atom is 0.305 e. The number of aliphatic carboxylic acids is 3. The first kappa shape index (κ1) is 98.3. The summed E-state index contributed by atoms with van der Waals surface area (Å²) >= 11 is 0. The van der Waals surface area contributed by atoms with Crippen LogP contribution in [0.5, 0.6) is 0 Å². The molecule has 1 rings (SSSR count). The standard InChI is InChI=1S/C73H123N19O19/c1-7-10-11-12-13-14-15-16-17-18-19-20-24-31-55(94)91-61(44(5)9-3)71(111)83-45(6)63(103)85-49(32-35-54(74)93)65(105)88-50(33-36-57(96)97)66(106)86-47(29-25-38-80-72(76)77)64(104)87-48(30-26-39-81-73(78)79)68(108)92-60(43(4)8-2)70(110)82-42-56(95)84-53(41-59(100)101)69(109)89-51(34-37-58(98)99)67(107)90-52(62(75)102)40-46-27-22-21-23-28-46/h21-23,27-28,43-45,47-53,60-61H,7-20,24-26,29-42H2,1-6H3,(H2,74,93)(H2,75,102)(H,82,110)(H,83,111)(H,84,95)(H,85,103)(H,86,106)(H,87,104)(H,88,105)(H,89,109)(H,90,107)(H,91,94)(H,92,108)(H,96,97)(H,98,99)(H,100,101)(H4,76,77,80)(H4,78,79,81)/t43-,44-,45-,47-,48-,49-,50-,51-,52-,53-,60-,61-/m0/s1. The van der Waals surface area contributed by atoms with Gasteiger partial charge in [0.25, 0.3) is 0 Å². The van der Waals surface area contributed by atoms with Crippen molar-refractivity contribution in [3.63, 3.8) is 0 Å². The number of rotatable bonds is 61. The van der Waals surface area contributed by atoms with E-state index in [1.165, 1.54) is 58.3 Å². The molecule has 0 saturated carbocycles. The molecule has 0 heterocycles. The third-order valence-corrected chi connectivity index (χ3v) is 18.3. The van der Waals surface area contributed by atoms with Gasteiger partial charge in [-0.15, -0.1) is 0 Å². The minimum atomic E-state index is -1.96. The number of nitrogens with one attached hydrogen (secondary N) is 11. The molecule has 26 N–H and O–H groups in total. The van der Waals surface area contributed by atoms with Crippen molar-refractivity contribution < 1.29 is 92.0 Å². The van der Waals surface area contributed by atoms with Crippen molar-refractivity contribution >= 4 is 107 Å². The van der Waals surface area contributed by atoms with Crippen LogP contribution in [0.1, 0.15) is 220 Å². The number of unbranched alkanes of at least 4 members (excludes halogenated alkanes) is 12. The van der Waals surface area contributed by atoms with Crippen molar-refractivity contribution in [2.75, 3.05) is 19.6 Å². The Hall–Kier alpha value is -10.7. The van der Waals surface area contributed by atoms with Crippen LogP contribution in [0, 0.1) is 11.8 Å². The van der Waals surface area contributed by atoms with Gasteiger partial charge in [-0.25, -0.2) is 0 Å². The predicted molar refractivity (Wildman–Crippen MR) is 411 cm³/mol. The minimum Gasteiger partial charge on any atom is -0.481 e. The fourth-order valence-corrected chi connectivity index (χ4v) is 11.4. The highest BCUT2D eigenvalue weighted by atomic mass is 16.4. The number of amides is 13. The molecule has 0 aliphatic carbocycles. The van der Waals surface area contributed by atoms with Gasteiger partial charge in [-0.3, -0.25) is 86.7 Å². The smallest absolute Gasteiger partial charge is 0.305 e. The molecule has 0 bridgehead atoms. The zero-order valence-electron chi connectivity index (χ0n) is 65.0. The number of primary amides is 2. The Bertz CT molecular complexity index is 3250. The number of carboxylic acid groups (broad SMARTS) is 3. The number of carboxylic acids is 3. The van der Waals surface area contributed by atoms with Gasteiger partial charge in [-0.05, 0) is 75.7 Å². The van der Waals surface area contributed by atoms with Gasteiger partial charge in [0.05, 0.1) is 13.0 Å². The number of benzene rings is 1. The van der Waals surface area contributed by atoms with Gasteiger partial charge in [0, 0.05) is 45.2 Å². The van der Waals surface area contributed by atoms with Crippen molar-refractivity contribution in [1.82, 2.24) is 58.5 Å². The Labute approximate surface area is 648 Å². The second kappa shape index (κ2) is 55.6. The molecule has 38 nitrogen and oxygen atoms in total. The van der Waals surface area contributed by atoms with Crippen LogP contribution in [0.25, 0.3) is 0 Å². The lowest BCUT2D eigenvalue weighted by Gasteiger charge is -2.28. The molecule has 0 fully saturated rings. The van der Waals surface area contributed by atoms with E-state index >= 15 is 0 Å².